The maximum Gasteiger partial charge on any atom is 0.306 e. The Balaban J connectivity index is 5.37. The highest BCUT2D eigenvalue weighted by Crippen LogP contribution is 2.38. The number of hydrogen-bond donors (Lipinski definition) is 1. The molecule has 0 bridgehead atoms. The molecular weight excluding hydrogens is 940 g/mol. The zero-order chi connectivity index (χ0) is 54.3. The molecular formula is C64H111N2O7P. The molecule has 0 saturated carbocycles. The van der Waals surface area contributed by atoms with Crippen molar-refractivity contribution in [3.63, 3.8) is 0 Å². The van der Waals surface area contributed by atoms with Crippen molar-refractivity contribution in [3.05, 3.63) is 109 Å². The number of phosphoric acid groups is 1. The normalized spacial score (nSPS) is 14.5. The first kappa shape index (κ1) is 70.7. The van der Waals surface area contributed by atoms with E-state index in [4.69, 9.17) is 13.8 Å². The number of nitrogens with zero attached hydrogens (tertiary/aromatic N) is 1. The van der Waals surface area contributed by atoms with Crippen LogP contribution in [-0.2, 0) is 27.9 Å². The molecule has 0 fully saturated rings. The van der Waals surface area contributed by atoms with Crippen LogP contribution in [0.5, 0.6) is 0 Å². The SMILES string of the molecule is CC/C=C\C/C=C\C/C=C\C/C=C\C/C=C\C/C=C\CCCCCCC(=O)OC(/C=C\CCCCCCCCCCCC)C(COP(=O)([O-])OCC[N+](C)(C)C)NC(=O)CC/C=C/C/C=C\CCCCCCCC. The van der Waals surface area contributed by atoms with E-state index in [0.29, 0.717) is 23.9 Å². The van der Waals surface area contributed by atoms with Gasteiger partial charge in [-0.2, -0.15) is 0 Å². The van der Waals surface area contributed by atoms with Crippen molar-refractivity contribution in [2.45, 2.75) is 245 Å². The van der Waals surface area contributed by atoms with Crippen LogP contribution < -0.4 is 10.2 Å². The smallest absolute Gasteiger partial charge is 0.306 e. The van der Waals surface area contributed by atoms with Gasteiger partial charge in [-0.05, 0) is 102 Å². The van der Waals surface area contributed by atoms with E-state index < -0.39 is 26.6 Å². The highest BCUT2D eigenvalue weighted by molar-refractivity contribution is 7.45. The van der Waals surface area contributed by atoms with Gasteiger partial charge in [0.2, 0.25) is 5.91 Å². The molecule has 0 rings (SSSR count). The van der Waals surface area contributed by atoms with E-state index in [0.717, 1.165) is 96.3 Å². The molecule has 0 aromatic rings. The summed E-state index contributed by atoms with van der Waals surface area (Å²) in [6.07, 6.45) is 72.2. The topological polar surface area (TPSA) is 114 Å². The van der Waals surface area contributed by atoms with Crippen LogP contribution >= 0.6 is 7.82 Å². The van der Waals surface area contributed by atoms with E-state index in [-0.39, 0.29) is 31.3 Å². The molecule has 0 aromatic carbocycles. The third-order valence-electron chi connectivity index (χ3n) is 12.5. The molecule has 0 aliphatic rings. The molecule has 1 amide bonds. The van der Waals surface area contributed by atoms with Gasteiger partial charge in [0.05, 0.1) is 33.8 Å². The van der Waals surface area contributed by atoms with Crippen molar-refractivity contribution < 1.29 is 37.3 Å². The molecule has 10 heteroatoms. The van der Waals surface area contributed by atoms with Gasteiger partial charge in [-0.25, -0.2) is 0 Å². The number of rotatable bonds is 52. The van der Waals surface area contributed by atoms with Gasteiger partial charge in [0.1, 0.15) is 19.3 Å². The average molecular weight is 1050 g/mol. The zero-order valence-corrected chi connectivity index (χ0v) is 49.1. The monoisotopic (exact) mass is 1050 g/mol. The van der Waals surface area contributed by atoms with Gasteiger partial charge in [0.25, 0.3) is 7.82 Å². The first-order valence-electron chi connectivity index (χ1n) is 29.7. The number of carbonyl (C=O) groups is 2. The average Bonchev–Trinajstić information content (AvgIpc) is 3.36. The zero-order valence-electron chi connectivity index (χ0n) is 48.3. The van der Waals surface area contributed by atoms with E-state index in [1.54, 1.807) is 6.08 Å². The fourth-order valence-electron chi connectivity index (χ4n) is 7.87. The van der Waals surface area contributed by atoms with Gasteiger partial charge in [-0.15, -0.1) is 0 Å². The second-order valence-electron chi connectivity index (χ2n) is 20.8. The number of phosphoric ester groups is 1. The van der Waals surface area contributed by atoms with Gasteiger partial charge in [0, 0.05) is 12.8 Å². The number of nitrogens with one attached hydrogen (secondary N) is 1. The van der Waals surface area contributed by atoms with Crippen molar-refractivity contribution in [2.75, 3.05) is 40.9 Å². The van der Waals surface area contributed by atoms with Crippen molar-refractivity contribution in [2.24, 2.45) is 0 Å². The van der Waals surface area contributed by atoms with Crippen LogP contribution in [0.3, 0.4) is 0 Å². The van der Waals surface area contributed by atoms with Crippen LogP contribution in [-0.4, -0.2) is 69.4 Å². The maximum absolute atomic E-state index is 13.4. The number of esters is 1. The van der Waals surface area contributed by atoms with E-state index >= 15 is 0 Å². The number of hydrogen-bond acceptors (Lipinski definition) is 7. The van der Waals surface area contributed by atoms with Crippen LogP contribution in [0, 0.1) is 0 Å². The maximum atomic E-state index is 13.4. The molecule has 1 N–H and O–H groups in total. The lowest BCUT2D eigenvalue weighted by molar-refractivity contribution is -0.870. The standard InChI is InChI=1S/C64H111N2O7P/c1-7-10-13-16-19-22-25-28-29-30-31-32-33-34-35-36-37-39-42-45-48-51-54-57-64(68)73-62(55-52-49-46-43-40-27-24-21-18-15-12-9-3)61(60-72-74(69,70)71-59-58-66(4,5)6)65-63(67)56-53-50-47-44-41-38-26-23-20-17-14-11-8-2/h10,13,19,22,28-29,31-32,34-35,37-39,41,47,50,52,55,61-62H,7-9,11-12,14-18,20-21,23-27,30,33,36,40,42-46,48-49,51,53-54,56-60H2,1-6H3,(H-,65,67,69,70)/b13-10-,22-19-,29-28-,32-31-,35-34-,39-37-,41-38-,50-47+,55-52-. The minimum atomic E-state index is -4.72. The second-order valence-corrected chi connectivity index (χ2v) is 22.2. The van der Waals surface area contributed by atoms with Gasteiger partial charge in [-0.3, -0.25) is 14.2 Å². The van der Waals surface area contributed by atoms with E-state index in [9.17, 15) is 19.0 Å². The van der Waals surface area contributed by atoms with Crippen molar-refractivity contribution in [3.8, 4) is 0 Å². The third kappa shape index (κ3) is 53.5. The van der Waals surface area contributed by atoms with Crippen molar-refractivity contribution in [1.29, 1.82) is 0 Å². The number of allylic oxidation sites excluding steroid dienone is 17. The molecule has 424 valence electrons. The van der Waals surface area contributed by atoms with Crippen LogP contribution in [0.25, 0.3) is 0 Å². The Labute approximate surface area is 455 Å². The predicted molar refractivity (Wildman–Crippen MR) is 316 cm³/mol. The van der Waals surface area contributed by atoms with Gasteiger partial charge in [-0.1, -0.05) is 227 Å². The number of quaternary nitrogens is 1. The number of carbonyl (C=O) groups excluding carboxylic acids is 2. The largest absolute Gasteiger partial charge is 0.756 e. The molecule has 3 unspecified atom stereocenters. The minimum Gasteiger partial charge on any atom is -0.756 e. The highest BCUT2D eigenvalue weighted by Gasteiger charge is 2.27. The number of amides is 1. The lowest BCUT2D eigenvalue weighted by Gasteiger charge is -2.30. The second kappa shape index (κ2) is 53.1. The van der Waals surface area contributed by atoms with Crippen LogP contribution in [0.2, 0.25) is 0 Å². The Morgan fingerprint density at radius 2 is 0.878 bits per heavy atom. The van der Waals surface area contributed by atoms with Gasteiger partial charge in [0.15, 0.2) is 0 Å². The summed E-state index contributed by atoms with van der Waals surface area (Å²) in [5.41, 5.74) is 0. The van der Waals surface area contributed by atoms with Gasteiger partial charge < -0.3 is 28.5 Å². The Hall–Kier alpha value is -3.33. The quantitative estimate of drug-likeness (QED) is 0.0212. The Kier molecular flexibility index (Phi) is 50.7. The minimum absolute atomic E-state index is 0.0412. The summed E-state index contributed by atoms with van der Waals surface area (Å²) in [5, 5.41) is 2.97. The predicted octanol–water partition coefficient (Wildman–Crippen LogP) is 17.5. The number of ether oxygens (including phenoxy) is 1. The number of likely N-dealkylation sites (N-methyl/N-ethyl adjacent to an activating group) is 1. The molecule has 0 heterocycles. The molecule has 0 aromatic heterocycles. The van der Waals surface area contributed by atoms with Crippen molar-refractivity contribution in [1.82, 2.24) is 5.32 Å². The molecule has 0 saturated heterocycles. The summed E-state index contributed by atoms with van der Waals surface area (Å²) in [6, 6.07) is -0.935. The summed E-state index contributed by atoms with van der Waals surface area (Å²) in [4.78, 5) is 39.8. The van der Waals surface area contributed by atoms with Crippen molar-refractivity contribution >= 4 is 19.7 Å². The lowest BCUT2D eigenvalue weighted by Crippen LogP contribution is -2.47. The molecule has 9 nitrogen and oxygen atoms in total. The lowest BCUT2D eigenvalue weighted by atomic mass is 10.1. The molecule has 0 radical (unpaired) electrons. The highest BCUT2D eigenvalue weighted by atomic mass is 31.2. The van der Waals surface area contributed by atoms with E-state index in [2.05, 4.69) is 117 Å². The molecule has 74 heavy (non-hydrogen) atoms. The Morgan fingerprint density at radius 1 is 0.486 bits per heavy atom. The third-order valence-corrected chi connectivity index (χ3v) is 13.4. The molecule has 3 atom stereocenters. The molecule has 0 spiro atoms. The summed E-state index contributed by atoms with van der Waals surface area (Å²) >= 11 is 0. The fourth-order valence-corrected chi connectivity index (χ4v) is 8.59. The molecule has 0 aliphatic heterocycles. The summed E-state index contributed by atoms with van der Waals surface area (Å²) in [7, 11) is 1.12. The summed E-state index contributed by atoms with van der Waals surface area (Å²) < 4.78 is 30.2. The first-order valence-corrected chi connectivity index (χ1v) is 31.2. The Morgan fingerprint density at radius 3 is 1.32 bits per heavy atom. The van der Waals surface area contributed by atoms with Crippen LogP contribution in [0.15, 0.2) is 109 Å². The first-order chi connectivity index (χ1) is 35.9. The molecule has 0 aliphatic carbocycles. The van der Waals surface area contributed by atoms with E-state index in [1.807, 2.05) is 33.3 Å². The Bertz CT molecular complexity index is 1640. The summed E-state index contributed by atoms with van der Waals surface area (Å²) in [5.74, 6) is -0.656. The fraction of sp³-hybridized carbons (Fsp3) is 0.688. The van der Waals surface area contributed by atoms with Crippen LogP contribution in [0.1, 0.15) is 233 Å². The number of unbranched alkanes of at least 4 members (excludes halogenated alkanes) is 20. The van der Waals surface area contributed by atoms with Crippen LogP contribution in [0.4, 0.5) is 0 Å². The van der Waals surface area contributed by atoms with Gasteiger partial charge >= 0.3 is 5.97 Å². The summed E-state index contributed by atoms with van der Waals surface area (Å²) in [6.45, 7) is 6.63. The van der Waals surface area contributed by atoms with E-state index in [1.165, 1.54) is 89.9 Å².